The van der Waals surface area contributed by atoms with Crippen molar-refractivity contribution in [2.75, 3.05) is 12.4 Å². The highest BCUT2D eigenvalue weighted by molar-refractivity contribution is 14.0. The van der Waals surface area contributed by atoms with Gasteiger partial charge in [-0.2, -0.15) is 0 Å². The second kappa shape index (κ2) is 8.56. The molecule has 0 radical (unpaired) electrons. The highest BCUT2D eigenvalue weighted by atomic mass is 127. The van der Waals surface area contributed by atoms with Crippen LogP contribution in [0.25, 0.3) is 0 Å². The fourth-order valence-electron chi connectivity index (χ4n) is 1.96. The predicted molar refractivity (Wildman–Crippen MR) is 104 cm³/mol. The number of halogens is 1. The summed E-state index contributed by atoms with van der Waals surface area (Å²) in [5.74, 6) is 0.973. The summed E-state index contributed by atoms with van der Waals surface area (Å²) in [4.78, 5) is 16.3. The highest BCUT2D eigenvalue weighted by Crippen LogP contribution is 2.16. The number of benzene rings is 1. The molecule has 0 atom stereocenters. The molecule has 0 saturated carbocycles. The number of hydrogen-bond acceptors (Lipinski definition) is 3. The maximum Gasteiger partial charge on any atom is 0.255 e. The van der Waals surface area contributed by atoms with E-state index in [-0.39, 0.29) is 42.0 Å². The lowest BCUT2D eigenvalue weighted by Crippen LogP contribution is -2.25. The first-order chi connectivity index (χ1) is 10.5. The third-order valence-corrected chi connectivity index (χ3v) is 3.40. The molecule has 1 aromatic carbocycles. The fraction of sp³-hybridized carbons (Fsp3) is 0.250. The van der Waals surface area contributed by atoms with Crippen molar-refractivity contribution in [3.63, 3.8) is 0 Å². The van der Waals surface area contributed by atoms with E-state index in [1.165, 1.54) is 0 Å². The largest absolute Gasteiger partial charge is 0.497 e. The maximum absolute atomic E-state index is 12.1. The van der Waals surface area contributed by atoms with E-state index in [0.29, 0.717) is 5.56 Å². The third-order valence-electron chi connectivity index (χ3n) is 3.40. The summed E-state index contributed by atoms with van der Waals surface area (Å²) in [6.07, 6.45) is 0. The lowest BCUT2D eigenvalue weighted by molar-refractivity contribution is 0.415. The molecular weight excluding hydrogens is 407 g/mol. The summed E-state index contributed by atoms with van der Waals surface area (Å²) in [6, 6.07) is 11.0. The van der Waals surface area contributed by atoms with Crippen LogP contribution in [0.2, 0.25) is 0 Å². The number of rotatable bonds is 4. The van der Waals surface area contributed by atoms with Crippen LogP contribution < -0.4 is 21.3 Å². The van der Waals surface area contributed by atoms with Crippen molar-refractivity contribution in [2.45, 2.75) is 13.5 Å². The van der Waals surface area contributed by atoms with E-state index < -0.39 is 0 Å². The summed E-state index contributed by atoms with van der Waals surface area (Å²) >= 11 is 0. The van der Waals surface area contributed by atoms with Gasteiger partial charge in [-0.3, -0.25) is 4.79 Å². The van der Waals surface area contributed by atoms with Crippen LogP contribution >= 0.6 is 24.0 Å². The van der Waals surface area contributed by atoms with Crippen LogP contribution in [-0.4, -0.2) is 17.6 Å². The molecule has 0 aliphatic carbocycles. The minimum absolute atomic E-state index is 0. The minimum atomic E-state index is -0.0575. The molecule has 0 spiro atoms. The van der Waals surface area contributed by atoms with E-state index in [1.807, 2.05) is 37.3 Å². The molecule has 0 fully saturated rings. The SMILES string of the molecule is COc1cccc(NC(N)=NCc2ccc(C)n(C)c2=O)c1.I. The number of nitrogens with one attached hydrogen (secondary N) is 1. The van der Waals surface area contributed by atoms with Crippen LogP contribution in [0.4, 0.5) is 5.69 Å². The fourth-order valence-corrected chi connectivity index (χ4v) is 1.96. The molecule has 0 aliphatic rings. The van der Waals surface area contributed by atoms with E-state index in [2.05, 4.69) is 10.3 Å². The van der Waals surface area contributed by atoms with Gasteiger partial charge in [0.2, 0.25) is 0 Å². The first-order valence-corrected chi connectivity index (χ1v) is 6.88. The topological polar surface area (TPSA) is 81.6 Å². The average molecular weight is 428 g/mol. The number of ether oxygens (including phenoxy) is 1. The Hall–Kier alpha value is -2.03. The molecule has 7 heteroatoms. The molecule has 0 aliphatic heterocycles. The quantitative estimate of drug-likeness (QED) is 0.445. The van der Waals surface area contributed by atoms with E-state index in [9.17, 15) is 4.79 Å². The van der Waals surface area contributed by atoms with Crippen molar-refractivity contribution in [2.24, 2.45) is 17.8 Å². The molecule has 1 heterocycles. The van der Waals surface area contributed by atoms with Gasteiger partial charge in [0.15, 0.2) is 5.96 Å². The lowest BCUT2D eigenvalue weighted by atomic mass is 10.2. The second-order valence-corrected chi connectivity index (χ2v) is 4.92. The number of hydrogen-bond donors (Lipinski definition) is 2. The molecule has 23 heavy (non-hydrogen) atoms. The molecule has 0 unspecified atom stereocenters. The summed E-state index contributed by atoms with van der Waals surface area (Å²) in [6.45, 7) is 2.11. The summed E-state index contributed by atoms with van der Waals surface area (Å²) < 4.78 is 6.73. The Morgan fingerprint density at radius 3 is 2.78 bits per heavy atom. The first-order valence-electron chi connectivity index (χ1n) is 6.88. The number of aromatic nitrogens is 1. The second-order valence-electron chi connectivity index (χ2n) is 4.92. The van der Waals surface area contributed by atoms with Gasteiger partial charge in [0.1, 0.15) is 5.75 Å². The molecular formula is C16H21IN4O2. The van der Waals surface area contributed by atoms with Crippen molar-refractivity contribution in [3.05, 3.63) is 58.0 Å². The van der Waals surface area contributed by atoms with Gasteiger partial charge in [0, 0.05) is 30.1 Å². The molecule has 3 N–H and O–H groups in total. The molecule has 124 valence electrons. The van der Waals surface area contributed by atoms with Gasteiger partial charge in [-0.25, -0.2) is 4.99 Å². The molecule has 0 saturated heterocycles. The molecule has 1 aromatic heterocycles. The van der Waals surface area contributed by atoms with Crippen LogP contribution in [0.15, 0.2) is 46.2 Å². The standard InChI is InChI=1S/C16H20N4O2.HI/c1-11-7-8-12(15(21)20(11)2)10-18-16(17)19-13-5-4-6-14(9-13)22-3;/h4-9H,10H2,1-3H3,(H3,17,18,19);1H. The lowest BCUT2D eigenvalue weighted by Gasteiger charge is -2.08. The Balaban J connectivity index is 0.00000264. The molecule has 2 rings (SSSR count). The van der Waals surface area contributed by atoms with Crippen molar-refractivity contribution in [1.29, 1.82) is 0 Å². The average Bonchev–Trinajstić information content (AvgIpc) is 2.52. The zero-order valence-corrected chi connectivity index (χ0v) is 15.7. The van der Waals surface area contributed by atoms with E-state index >= 15 is 0 Å². The van der Waals surface area contributed by atoms with Gasteiger partial charge in [-0.15, -0.1) is 24.0 Å². The number of aryl methyl sites for hydroxylation is 1. The van der Waals surface area contributed by atoms with Gasteiger partial charge in [0.05, 0.1) is 13.7 Å². The number of aliphatic imine (C=N–C) groups is 1. The van der Waals surface area contributed by atoms with Crippen molar-refractivity contribution in [3.8, 4) is 5.75 Å². The molecule has 0 bridgehead atoms. The number of nitrogens with zero attached hydrogens (tertiary/aromatic N) is 2. The van der Waals surface area contributed by atoms with Gasteiger partial charge in [-0.1, -0.05) is 6.07 Å². The third kappa shape index (κ3) is 4.98. The number of nitrogens with two attached hydrogens (primary N) is 1. The Bertz CT molecular complexity index is 756. The summed E-state index contributed by atoms with van der Waals surface area (Å²) in [5, 5.41) is 2.97. The van der Waals surface area contributed by atoms with Crippen molar-refractivity contribution < 1.29 is 4.74 Å². The first kappa shape index (κ1) is 19.0. The van der Waals surface area contributed by atoms with Crippen LogP contribution in [-0.2, 0) is 13.6 Å². The zero-order chi connectivity index (χ0) is 16.1. The zero-order valence-electron chi connectivity index (χ0n) is 13.4. The number of methoxy groups -OCH3 is 1. The van der Waals surface area contributed by atoms with Crippen LogP contribution in [0, 0.1) is 6.92 Å². The Morgan fingerprint density at radius 1 is 1.35 bits per heavy atom. The van der Waals surface area contributed by atoms with Crippen LogP contribution in [0.5, 0.6) is 5.75 Å². The van der Waals surface area contributed by atoms with Crippen molar-refractivity contribution in [1.82, 2.24) is 4.57 Å². The normalized spacial score (nSPS) is 10.8. The smallest absolute Gasteiger partial charge is 0.255 e. The van der Waals surface area contributed by atoms with Gasteiger partial charge in [-0.05, 0) is 31.2 Å². The van der Waals surface area contributed by atoms with Gasteiger partial charge >= 0.3 is 0 Å². The Labute approximate surface area is 152 Å². The molecule has 2 aromatic rings. The monoisotopic (exact) mass is 428 g/mol. The van der Waals surface area contributed by atoms with Gasteiger partial charge in [0.25, 0.3) is 5.56 Å². The summed E-state index contributed by atoms with van der Waals surface area (Å²) in [5.41, 5.74) is 8.07. The van der Waals surface area contributed by atoms with Crippen LogP contribution in [0.3, 0.4) is 0 Å². The van der Waals surface area contributed by atoms with Crippen molar-refractivity contribution >= 4 is 35.6 Å². The van der Waals surface area contributed by atoms with Crippen LogP contribution in [0.1, 0.15) is 11.3 Å². The predicted octanol–water partition coefficient (Wildman–Crippen LogP) is 2.25. The van der Waals surface area contributed by atoms with Gasteiger partial charge < -0.3 is 20.4 Å². The highest BCUT2D eigenvalue weighted by Gasteiger charge is 2.03. The minimum Gasteiger partial charge on any atom is -0.497 e. The summed E-state index contributed by atoms with van der Waals surface area (Å²) in [7, 11) is 3.34. The molecule has 0 amide bonds. The number of pyridine rings is 1. The maximum atomic E-state index is 12.1. The number of guanidine groups is 1. The number of anilines is 1. The van der Waals surface area contributed by atoms with E-state index in [1.54, 1.807) is 24.8 Å². The molecule has 6 nitrogen and oxygen atoms in total. The Morgan fingerprint density at radius 2 is 2.09 bits per heavy atom. The van der Waals surface area contributed by atoms with E-state index in [0.717, 1.165) is 17.1 Å². The van der Waals surface area contributed by atoms with E-state index in [4.69, 9.17) is 10.5 Å². The Kier molecular flexibility index (Phi) is 7.08.